The molecule has 27 heavy (non-hydrogen) atoms. The van der Waals surface area contributed by atoms with Gasteiger partial charge in [-0.2, -0.15) is 0 Å². The van der Waals surface area contributed by atoms with Crippen molar-refractivity contribution in [1.82, 2.24) is 10.3 Å². The Balaban J connectivity index is 1.71. The lowest BCUT2D eigenvalue weighted by Crippen LogP contribution is -2.43. The van der Waals surface area contributed by atoms with Crippen LogP contribution in [-0.2, 0) is 5.41 Å². The van der Waals surface area contributed by atoms with Crippen molar-refractivity contribution in [3.05, 3.63) is 56.9 Å². The van der Waals surface area contributed by atoms with Crippen LogP contribution < -0.4 is 10.6 Å². The first-order valence-corrected chi connectivity index (χ1v) is 10.6. The second-order valence-corrected chi connectivity index (χ2v) is 8.71. The van der Waals surface area contributed by atoms with Gasteiger partial charge < -0.3 is 10.6 Å². The molecule has 1 aliphatic rings. The molecule has 3 nitrogen and oxygen atoms in total. The van der Waals surface area contributed by atoms with E-state index in [1.807, 2.05) is 19.1 Å². The van der Waals surface area contributed by atoms with Gasteiger partial charge in [0, 0.05) is 16.4 Å². The molecule has 0 radical (unpaired) electrons. The third-order valence-electron chi connectivity index (χ3n) is 5.19. The molecule has 1 aliphatic carbocycles. The van der Waals surface area contributed by atoms with Gasteiger partial charge in [0.1, 0.15) is 5.82 Å². The van der Waals surface area contributed by atoms with E-state index in [4.69, 9.17) is 23.8 Å². The van der Waals surface area contributed by atoms with Gasteiger partial charge in [0.25, 0.3) is 0 Å². The number of anilines is 1. The number of thiocarbonyl (C=S) groups is 1. The molecule has 2 N–H and O–H groups in total. The van der Waals surface area contributed by atoms with Gasteiger partial charge in [-0.15, -0.1) is 0 Å². The average Bonchev–Trinajstić information content (AvgIpc) is 2.66. The number of pyridine rings is 1. The number of nitrogens with one attached hydrogen (secondary N) is 2. The summed E-state index contributed by atoms with van der Waals surface area (Å²) < 4.78 is 14.2. The lowest BCUT2D eigenvalue weighted by Gasteiger charge is -2.38. The third-order valence-corrected chi connectivity index (χ3v) is 6.53. The largest absolute Gasteiger partial charge is 0.362 e. The number of hydrogen-bond donors (Lipinski definition) is 2. The van der Waals surface area contributed by atoms with E-state index in [9.17, 15) is 4.39 Å². The third kappa shape index (κ3) is 4.98. The minimum absolute atomic E-state index is 0.0372. The van der Waals surface area contributed by atoms with E-state index in [0.29, 0.717) is 22.5 Å². The molecular formula is C20H22BrClFN3S. The van der Waals surface area contributed by atoms with Crippen LogP contribution in [0.25, 0.3) is 0 Å². The molecule has 0 atom stereocenters. The molecule has 1 heterocycles. The van der Waals surface area contributed by atoms with Crippen molar-refractivity contribution in [3.8, 4) is 0 Å². The van der Waals surface area contributed by atoms with E-state index >= 15 is 0 Å². The molecule has 1 saturated carbocycles. The first kappa shape index (κ1) is 20.5. The highest BCUT2D eigenvalue weighted by atomic mass is 79.9. The van der Waals surface area contributed by atoms with Crippen molar-refractivity contribution in [2.24, 2.45) is 0 Å². The SMILES string of the molecule is Cc1nc(NC(=S)NCC2(c3ccc(F)cc3)CCCCC2)c(Cl)cc1Br. The molecule has 1 aromatic heterocycles. The zero-order chi connectivity index (χ0) is 19.4. The van der Waals surface area contributed by atoms with Gasteiger partial charge in [0.05, 0.1) is 10.7 Å². The number of rotatable bonds is 4. The first-order chi connectivity index (χ1) is 12.9. The summed E-state index contributed by atoms with van der Waals surface area (Å²) in [6.45, 7) is 2.59. The fraction of sp³-hybridized carbons (Fsp3) is 0.400. The van der Waals surface area contributed by atoms with Crippen LogP contribution in [-0.4, -0.2) is 16.6 Å². The standard InChI is InChI=1S/C20H22BrClFN3S/c1-13-16(21)11-17(22)18(25-13)26-19(27)24-12-20(9-3-2-4-10-20)14-5-7-15(23)8-6-14/h5-8,11H,2-4,9-10,12H2,1H3,(H2,24,25,26,27). The highest BCUT2D eigenvalue weighted by molar-refractivity contribution is 9.10. The van der Waals surface area contributed by atoms with Crippen LogP contribution >= 0.6 is 39.7 Å². The minimum Gasteiger partial charge on any atom is -0.362 e. The number of hydrogen-bond acceptors (Lipinski definition) is 2. The molecule has 0 unspecified atom stereocenters. The predicted octanol–water partition coefficient (Wildman–Crippen LogP) is 6.13. The van der Waals surface area contributed by atoms with Crippen molar-refractivity contribution in [3.63, 3.8) is 0 Å². The van der Waals surface area contributed by atoms with Gasteiger partial charge in [-0.25, -0.2) is 9.37 Å². The smallest absolute Gasteiger partial charge is 0.172 e. The second-order valence-electron chi connectivity index (χ2n) is 7.04. The van der Waals surface area contributed by atoms with Crippen molar-refractivity contribution >= 4 is 50.7 Å². The number of halogens is 3. The summed E-state index contributed by atoms with van der Waals surface area (Å²) in [7, 11) is 0. The van der Waals surface area contributed by atoms with Crippen molar-refractivity contribution in [1.29, 1.82) is 0 Å². The Labute approximate surface area is 178 Å². The summed E-state index contributed by atoms with van der Waals surface area (Å²) in [5, 5.41) is 7.41. The molecule has 3 rings (SSSR count). The Morgan fingerprint density at radius 2 is 1.93 bits per heavy atom. The van der Waals surface area contributed by atoms with Gasteiger partial charge >= 0.3 is 0 Å². The summed E-state index contributed by atoms with van der Waals surface area (Å²) in [6.07, 6.45) is 5.69. The highest BCUT2D eigenvalue weighted by Crippen LogP contribution is 2.39. The maximum atomic E-state index is 13.4. The van der Waals surface area contributed by atoms with Crippen LogP contribution in [0.4, 0.5) is 10.2 Å². The van der Waals surface area contributed by atoms with Crippen LogP contribution in [0.3, 0.4) is 0 Å². The lowest BCUT2D eigenvalue weighted by atomic mass is 9.69. The van der Waals surface area contributed by atoms with E-state index in [0.717, 1.165) is 28.6 Å². The molecule has 0 aliphatic heterocycles. The van der Waals surface area contributed by atoms with Crippen LogP contribution in [0.15, 0.2) is 34.8 Å². The number of aryl methyl sites for hydroxylation is 1. The summed E-state index contributed by atoms with van der Waals surface area (Å²) in [6, 6.07) is 8.67. The molecule has 0 amide bonds. The number of benzene rings is 1. The van der Waals surface area contributed by atoms with Crippen LogP contribution in [0.2, 0.25) is 5.02 Å². The quantitative estimate of drug-likeness (QED) is 0.527. The first-order valence-electron chi connectivity index (χ1n) is 9.03. The molecular weight excluding hydrogens is 449 g/mol. The van der Waals surface area contributed by atoms with Gasteiger partial charge in [-0.1, -0.05) is 43.0 Å². The lowest BCUT2D eigenvalue weighted by molar-refractivity contribution is 0.292. The Hall–Kier alpha value is -1.24. The van der Waals surface area contributed by atoms with Gasteiger partial charge in [0.2, 0.25) is 0 Å². The normalized spacial score (nSPS) is 16.0. The Kier molecular flexibility index (Phi) is 6.71. The average molecular weight is 471 g/mol. The Morgan fingerprint density at radius 1 is 1.26 bits per heavy atom. The second kappa shape index (κ2) is 8.84. The summed E-state index contributed by atoms with van der Waals surface area (Å²) in [4.78, 5) is 4.43. The van der Waals surface area contributed by atoms with Crippen molar-refractivity contribution in [2.45, 2.75) is 44.4 Å². The molecule has 0 bridgehead atoms. The van der Waals surface area contributed by atoms with Crippen LogP contribution in [0.5, 0.6) is 0 Å². The Bertz CT molecular complexity index is 823. The van der Waals surface area contributed by atoms with E-state index in [-0.39, 0.29) is 11.2 Å². The fourth-order valence-electron chi connectivity index (χ4n) is 3.65. The highest BCUT2D eigenvalue weighted by Gasteiger charge is 2.34. The number of nitrogens with zero attached hydrogens (tertiary/aromatic N) is 1. The summed E-state index contributed by atoms with van der Waals surface area (Å²) >= 11 is 15.1. The van der Waals surface area contributed by atoms with Gasteiger partial charge in [-0.05, 0) is 71.7 Å². The molecule has 7 heteroatoms. The molecule has 2 aromatic rings. The van der Waals surface area contributed by atoms with Crippen molar-refractivity contribution < 1.29 is 4.39 Å². The van der Waals surface area contributed by atoms with Gasteiger partial charge in [-0.3, -0.25) is 0 Å². The summed E-state index contributed by atoms with van der Waals surface area (Å²) in [5.41, 5.74) is 1.96. The van der Waals surface area contributed by atoms with E-state index < -0.39 is 0 Å². The van der Waals surface area contributed by atoms with E-state index in [1.54, 1.807) is 6.07 Å². The van der Waals surface area contributed by atoms with Gasteiger partial charge in [0.15, 0.2) is 10.9 Å². The minimum atomic E-state index is -0.207. The molecule has 1 aromatic carbocycles. The zero-order valence-electron chi connectivity index (χ0n) is 15.1. The summed E-state index contributed by atoms with van der Waals surface area (Å²) in [5.74, 6) is 0.329. The van der Waals surface area contributed by atoms with Crippen molar-refractivity contribution in [2.75, 3.05) is 11.9 Å². The molecule has 0 spiro atoms. The molecule has 1 fully saturated rings. The van der Waals surface area contributed by atoms with Crippen LogP contribution in [0.1, 0.15) is 43.4 Å². The van der Waals surface area contributed by atoms with E-state index in [2.05, 4.69) is 31.5 Å². The van der Waals surface area contributed by atoms with Crippen LogP contribution in [0, 0.1) is 12.7 Å². The molecule has 0 saturated heterocycles. The maximum Gasteiger partial charge on any atom is 0.172 e. The van der Waals surface area contributed by atoms with E-state index in [1.165, 1.54) is 31.4 Å². The Morgan fingerprint density at radius 3 is 2.59 bits per heavy atom. The molecule has 144 valence electrons. The monoisotopic (exact) mass is 469 g/mol. The predicted molar refractivity (Wildman–Crippen MR) is 117 cm³/mol. The fourth-order valence-corrected chi connectivity index (χ4v) is 4.46. The maximum absolute atomic E-state index is 13.4. The zero-order valence-corrected chi connectivity index (χ0v) is 18.3. The number of aromatic nitrogens is 1. The topological polar surface area (TPSA) is 37.0 Å².